The van der Waals surface area contributed by atoms with Gasteiger partial charge in [-0.3, -0.25) is 0 Å². The average Bonchev–Trinajstić information content (AvgIpc) is 3.13. The quantitative estimate of drug-likeness (QED) is 0.513. The minimum absolute atomic E-state index is 0.172. The number of aromatic nitrogens is 2. The van der Waals surface area contributed by atoms with Gasteiger partial charge in [-0.25, -0.2) is 21.8 Å². The molecule has 0 aliphatic carbocycles. The molecule has 0 N–H and O–H groups in total. The molecule has 0 radical (unpaired) electrons. The molecule has 0 saturated carbocycles. The lowest BCUT2D eigenvalue weighted by Crippen LogP contribution is -2.12. The van der Waals surface area contributed by atoms with Crippen molar-refractivity contribution in [3.63, 3.8) is 0 Å². The highest BCUT2D eigenvalue weighted by molar-refractivity contribution is 7.90. The second kappa shape index (κ2) is 6.76. The van der Waals surface area contributed by atoms with Crippen molar-refractivity contribution in [2.75, 3.05) is 7.11 Å². The molecule has 0 aliphatic heterocycles. The Hall–Kier alpha value is -3.19. The van der Waals surface area contributed by atoms with Gasteiger partial charge in [-0.15, -0.1) is 0 Å². The van der Waals surface area contributed by atoms with Crippen molar-refractivity contribution in [2.45, 2.75) is 11.8 Å². The van der Waals surface area contributed by atoms with Gasteiger partial charge in [-0.2, -0.15) is 0 Å². The van der Waals surface area contributed by atoms with Gasteiger partial charge in [-0.1, -0.05) is 17.7 Å². The highest BCUT2D eigenvalue weighted by Gasteiger charge is 2.21. The van der Waals surface area contributed by atoms with Gasteiger partial charge in [0.05, 0.1) is 12.0 Å². The van der Waals surface area contributed by atoms with E-state index in [0.29, 0.717) is 22.3 Å². The first-order valence-electron chi connectivity index (χ1n) is 8.54. The molecular weight excluding hydrogens is 379 g/mol. The highest BCUT2D eigenvalue weighted by atomic mass is 32.2. The van der Waals surface area contributed by atoms with Crippen molar-refractivity contribution in [1.82, 2.24) is 8.96 Å². The number of halogens is 1. The molecule has 28 heavy (non-hydrogen) atoms. The molecule has 2 heterocycles. The molecule has 0 amide bonds. The number of pyridine rings is 1. The van der Waals surface area contributed by atoms with Gasteiger partial charge >= 0.3 is 0 Å². The predicted molar refractivity (Wildman–Crippen MR) is 105 cm³/mol. The van der Waals surface area contributed by atoms with E-state index in [2.05, 4.69) is 4.98 Å². The van der Waals surface area contributed by atoms with Crippen LogP contribution in [0.25, 0.3) is 22.2 Å². The Morgan fingerprint density at radius 2 is 1.75 bits per heavy atom. The second-order valence-electron chi connectivity index (χ2n) is 6.37. The van der Waals surface area contributed by atoms with Gasteiger partial charge < -0.3 is 4.74 Å². The summed E-state index contributed by atoms with van der Waals surface area (Å²) in [5, 5.41) is 0.585. The summed E-state index contributed by atoms with van der Waals surface area (Å²) in [4.78, 5) is 4.44. The number of aryl methyl sites for hydroxylation is 1. The minimum atomic E-state index is -3.81. The predicted octanol–water partition coefficient (Wildman–Crippen LogP) is 4.40. The van der Waals surface area contributed by atoms with Crippen LogP contribution >= 0.6 is 0 Å². The number of benzene rings is 2. The maximum Gasteiger partial charge on any atom is 0.269 e. The lowest BCUT2D eigenvalue weighted by atomic mass is 10.0. The summed E-state index contributed by atoms with van der Waals surface area (Å²) in [5.41, 5.74) is 2.40. The van der Waals surface area contributed by atoms with Gasteiger partial charge in [0.2, 0.25) is 0 Å². The summed E-state index contributed by atoms with van der Waals surface area (Å²) < 4.78 is 46.5. The van der Waals surface area contributed by atoms with Crippen molar-refractivity contribution in [3.05, 3.63) is 78.4 Å². The van der Waals surface area contributed by atoms with Crippen LogP contribution in [0.4, 0.5) is 4.39 Å². The summed E-state index contributed by atoms with van der Waals surface area (Å²) >= 11 is 0. The number of nitrogens with zero attached hydrogens (tertiary/aromatic N) is 2. The molecule has 0 saturated heterocycles. The zero-order valence-corrected chi connectivity index (χ0v) is 16.1. The van der Waals surface area contributed by atoms with Crippen LogP contribution in [0.5, 0.6) is 5.75 Å². The van der Waals surface area contributed by atoms with Crippen LogP contribution in [0.15, 0.2) is 71.9 Å². The largest absolute Gasteiger partial charge is 0.496 e. The van der Waals surface area contributed by atoms with Gasteiger partial charge in [0.15, 0.2) is 5.65 Å². The second-order valence-corrected chi connectivity index (χ2v) is 8.18. The fraction of sp³-hybridized carbons (Fsp3) is 0.0952. The molecule has 0 unspecified atom stereocenters. The van der Waals surface area contributed by atoms with Crippen LogP contribution in [0.2, 0.25) is 0 Å². The van der Waals surface area contributed by atoms with Crippen LogP contribution in [-0.4, -0.2) is 24.5 Å². The Balaban J connectivity index is 1.93. The highest BCUT2D eigenvalue weighted by Crippen LogP contribution is 2.36. The molecule has 4 rings (SSSR count). The molecule has 0 fully saturated rings. The smallest absolute Gasteiger partial charge is 0.269 e. The number of ether oxygens (including phenoxy) is 1. The average molecular weight is 396 g/mol. The van der Waals surface area contributed by atoms with Crippen LogP contribution < -0.4 is 4.74 Å². The Labute approximate surface area is 162 Å². The molecule has 0 spiro atoms. The molecule has 4 aromatic rings. The lowest BCUT2D eigenvalue weighted by Gasteiger charge is -2.11. The normalized spacial score (nSPS) is 11.7. The van der Waals surface area contributed by atoms with E-state index in [1.54, 1.807) is 36.4 Å². The Morgan fingerprint density at radius 1 is 1.00 bits per heavy atom. The molecule has 2 aromatic heterocycles. The van der Waals surface area contributed by atoms with Crippen molar-refractivity contribution >= 4 is 21.1 Å². The monoisotopic (exact) mass is 396 g/mol. The zero-order valence-electron chi connectivity index (χ0n) is 15.3. The molecule has 2 aromatic carbocycles. The maximum atomic E-state index is 13.8. The van der Waals surface area contributed by atoms with E-state index in [4.69, 9.17) is 4.74 Å². The summed E-state index contributed by atoms with van der Waals surface area (Å²) in [5.74, 6) is 0.0792. The number of methoxy groups -OCH3 is 1. The molecule has 0 atom stereocenters. The first-order chi connectivity index (χ1) is 13.4. The number of rotatable bonds is 4. The van der Waals surface area contributed by atoms with E-state index in [0.717, 1.165) is 9.54 Å². The summed E-state index contributed by atoms with van der Waals surface area (Å²) in [6.45, 7) is 1.89. The molecule has 142 valence electrons. The topological polar surface area (TPSA) is 61.2 Å². The van der Waals surface area contributed by atoms with Crippen LogP contribution in [0, 0.1) is 12.7 Å². The van der Waals surface area contributed by atoms with Gasteiger partial charge in [0, 0.05) is 23.3 Å². The number of hydrogen-bond donors (Lipinski definition) is 0. The van der Waals surface area contributed by atoms with Gasteiger partial charge in [0.25, 0.3) is 10.0 Å². The van der Waals surface area contributed by atoms with E-state index in [9.17, 15) is 12.8 Å². The van der Waals surface area contributed by atoms with Crippen molar-refractivity contribution in [1.29, 1.82) is 0 Å². The Morgan fingerprint density at radius 3 is 2.46 bits per heavy atom. The van der Waals surface area contributed by atoms with Crippen LogP contribution in [0.1, 0.15) is 5.56 Å². The fourth-order valence-corrected chi connectivity index (χ4v) is 4.46. The Kier molecular flexibility index (Phi) is 4.39. The molecular formula is C21H17FN2O3S. The van der Waals surface area contributed by atoms with Crippen molar-refractivity contribution < 1.29 is 17.5 Å². The summed E-state index contributed by atoms with van der Waals surface area (Å²) in [6, 6.07) is 14.2. The van der Waals surface area contributed by atoms with E-state index < -0.39 is 15.8 Å². The third kappa shape index (κ3) is 2.93. The third-order valence-corrected chi connectivity index (χ3v) is 6.26. The van der Waals surface area contributed by atoms with E-state index in [1.165, 1.54) is 37.7 Å². The standard InChI is InChI=1S/C21H17FN2O3S/c1-14-3-6-16(7-4-14)28(25,26)24-12-10-18-17(9-11-23-21(18)24)19-13-15(22)5-8-20(19)27-2/h3-13H,1-2H3. The summed E-state index contributed by atoms with van der Waals surface area (Å²) in [7, 11) is -2.31. The number of fused-ring (bicyclic) bond motifs is 1. The summed E-state index contributed by atoms with van der Waals surface area (Å²) in [6.07, 6.45) is 2.96. The van der Waals surface area contributed by atoms with Crippen molar-refractivity contribution in [3.8, 4) is 16.9 Å². The van der Waals surface area contributed by atoms with E-state index in [1.807, 2.05) is 6.92 Å². The number of hydrogen-bond acceptors (Lipinski definition) is 4. The molecule has 0 bridgehead atoms. The first kappa shape index (κ1) is 18.2. The van der Waals surface area contributed by atoms with E-state index in [-0.39, 0.29) is 10.5 Å². The zero-order chi connectivity index (χ0) is 19.9. The van der Waals surface area contributed by atoms with Crippen molar-refractivity contribution in [2.24, 2.45) is 0 Å². The SMILES string of the molecule is COc1ccc(F)cc1-c1ccnc2c1ccn2S(=O)(=O)c1ccc(C)cc1. The first-order valence-corrected chi connectivity index (χ1v) is 9.98. The van der Waals surface area contributed by atoms with Gasteiger partial charge in [0.1, 0.15) is 11.6 Å². The Bertz CT molecular complexity index is 1280. The van der Waals surface area contributed by atoms with E-state index >= 15 is 0 Å². The maximum absolute atomic E-state index is 13.8. The fourth-order valence-electron chi connectivity index (χ4n) is 3.16. The van der Waals surface area contributed by atoms with Gasteiger partial charge in [-0.05, 0) is 55.0 Å². The van der Waals surface area contributed by atoms with Crippen LogP contribution in [0.3, 0.4) is 0 Å². The van der Waals surface area contributed by atoms with Crippen LogP contribution in [-0.2, 0) is 10.0 Å². The molecule has 7 heteroatoms. The minimum Gasteiger partial charge on any atom is -0.496 e. The third-order valence-electron chi connectivity index (χ3n) is 4.58. The lowest BCUT2D eigenvalue weighted by molar-refractivity contribution is 0.415. The molecule has 0 aliphatic rings. The molecule has 5 nitrogen and oxygen atoms in total.